The summed E-state index contributed by atoms with van der Waals surface area (Å²) in [5, 5.41) is 9.27. The number of carbonyl (C=O) groups is 1. The highest BCUT2D eigenvalue weighted by atomic mass is 16.5. The molecule has 1 N–H and O–H groups in total. The average Bonchev–Trinajstić information content (AvgIpc) is 2.39. The van der Waals surface area contributed by atoms with Gasteiger partial charge in [-0.2, -0.15) is 4.98 Å². The predicted octanol–water partition coefficient (Wildman–Crippen LogP) is 1.18. The van der Waals surface area contributed by atoms with Crippen molar-refractivity contribution < 1.29 is 14.6 Å². The van der Waals surface area contributed by atoms with Crippen LogP contribution in [0.5, 0.6) is 5.88 Å². The van der Waals surface area contributed by atoms with E-state index in [1.807, 2.05) is 4.90 Å². The maximum Gasteiger partial charge on any atom is 0.311 e. The molecule has 1 atom stereocenters. The Morgan fingerprint density at radius 3 is 3.06 bits per heavy atom. The van der Waals surface area contributed by atoms with E-state index in [0.717, 1.165) is 13.0 Å². The minimum Gasteiger partial charge on any atom is -0.481 e. The largest absolute Gasteiger partial charge is 0.481 e. The highest BCUT2D eigenvalue weighted by molar-refractivity contribution is 5.75. The molecule has 0 amide bonds. The van der Waals surface area contributed by atoms with Crippen molar-refractivity contribution in [1.29, 1.82) is 0 Å². The van der Waals surface area contributed by atoms with Crippen molar-refractivity contribution in [2.24, 2.45) is 5.41 Å². The Hall–Kier alpha value is -1.85. The average molecular weight is 251 g/mol. The molecule has 1 aliphatic heterocycles. The second-order valence-electron chi connectivity index (χ2n) is 4.79. The van der Waals surface area contributed by atoms with Gasteiger partial charge in [0.2, 0.25) is 11.8 Å². The molecular weight excluding hydrogens is 234 g/mol. The SMILES string of the molecule is COc1ccnc(N2CCCC(C)(C(=O)O)C2)n1. The number of carboxylic acids is 1. The van der Waals surface area contributed by atoms with Crippen LogP contribution in [-0.4, -0.2) is 41.2 Å². The first-order chi connectivity index (χ1) is 8.55. The third-order valence-electron chi connectivity index (χ3n) is 3.32. The molecule has 98 valence electrons. The van der Waals surface area contributed by atoms with E-state index in [0.29, 0.717) is 24.8 Å². The second kappa shape index (κ2) is 4.80. The zero-order chi connectivity index (χ0) is 13.2. The molecule has 0 aromatic carbocycles. The highest BCUT2D eigenvalue weighted by Gasteiger charge is 2.38. The number of rotatable bonds is 3. The number of aromatic nitrogens is 2. The van der Waals surface area contributed by atoms with Gasteiger partial charge in [0.1, 0.15) is 0 Å². The van der Waals surface area contributed by atoms with Crippen LogP contribution in [0.25, 0.3) is 0 Å². The van der Waals surface area contributed by atoms with Gasteiger partial charge < -0.3 is 14.7 Å². The molecule has 1 aromatic rings. The second-order valence-corrected chi connectivity index (χ2v) is 4.79. The van der Waals surface area contributed by atoms with Crippen molar-refractivity contribution in [2.75, 3.05) is 25.1 Å². The fraction of sp³-hybridized carbons (Fsp3) is 0.583. The van der Waals surface area contributed by atoms with E-state index in [-0.39, 0.29) is 0 Å². The van der Waals surface area contributed by atoms with Crippen LogP contribution in [-0.2, 0) is 4.79 Å². The lowest BCUT2D eigenvalue weighted by molar-refractivity contribution is -0.148. The zero-order valence-corrected chi connectivity index (χ0v) is 10.6. The topological polar surface area (TPSA) is 75.5 Å². The number of hydrogen-bond acceptors (Lipinski definition) is 5. The molecule has 2 rings (SSSR count). The molecule has 0 radical (unpaired) electrons. The first-order valence-corrected chi connectivity index (χ1v) is 5.90. The van der Waals surface area contributed by atoms with E-state index >= 15 is 0 Å². The van der Waals surface area contributed by atoms with Gasteiger partial charge >= 0.3 is 5.97 Å². The predicted molar refractivity (Wildman–Crippen MR) is 65.8 cm³/mol. The third-order valence-corrected chi connectivity index (χ3v) is 3.32. The molecule has 0 bridgehead atoms. The summed E-state index contributed by atoms with van der Waals surface area (Å²) in [6.07, 6.45) is 3.13. The first kappa shape index (κ1) is 12.6. The Morgan fingerprint density at radius 1 is 1.61 bits per heavy atom. The van der Waals surface area contributed by atoms with Gasteiger partial charge in [-0.3, -0.25) is 4.79 Å². The lowest BCUT2D eigenvalue weighted by Gasteiger charge is -2.37. The minimum absolute atomic E-state index is 0.426. The van der Waals surface area contributed by atoms with Crippen LogP contribution in [0.4, 0.5) is 5.95 Å². The monoisotopic (exact) mass is 251 g/mol. The molecule has 6 nitrogen and oxygen atoms in total. The Bertz CT molecular complexity index is 452. The van der Waals surface area contributed by atoms with Gasteiger partial charge in [-0.25, -0.2) is 4.98 Å². The maximum atomic E-state index is 11.3. The molecule has 0 spiro atoms. The van der Waals surface area contributed by atoms with Crippen LogP contribution in [0.15, 0.2) is 12.3 Å². The number of ether oxygens (including phenoxy) is 1. The summed E-state index contributed by atoms with van der Waals surface area (Å²) in [6.45, 7) is 2.97. The molecule has 1 fully saturated rings. The van der Waals surface area contributed by atoms with E-state index in [2.05, 4.69) is 9.97 Å². The van der Waals surface area contributed by atoms with E-state index in [1.54, 1.807) is 26.3 Å². The summed E-state index contributed by atoms with van der Waals surface area (Å²) in [7, 11) is 1.55. The van der Waals surface area contributed by atoms with Crippen molar-refractivity contribution in [3.05, 3.63) is 12.3 Å². The first-order valence-electron chi connectivity index (χ1n) is 5.90. The lowest BCUT2D eigenvalue weighted by atomic mass is 9.82. The molecule has 18 heavy (non-hydrogen) atoms. The van der Waals surface area contributed by atoms with Crippen LogP contribution >= 0.6 is 0 Å². The summed E-state index contributed by atoms with van der Waals surface area (Å²) in [6, 6.07) is 1.67. The van der Waals surface area contributed by atoms with Gasteiger partial charge in [0.05, 0.1) is 12.5 Å². The summed E-state index contributed by atoms with van der Waals surface area (Å²) < 4.78 is 5.05. The van der Waals surface area contributed by atoms with Crippen molar-refractivity contribution >= 4 is 11.9 Å². The molecule has 1 saturated heterocycles. The standard InChI is InChI=1S/C12H17N3O3/c1-12(10(16)17)5-3-7-15(8-12)11-13-6-4-9(14-11)18-2/h4,6H,3,5,7-8H2,1-2H3,(H,16,17). The Morgan fingerprint density at radius 2 is 2.39 bits per heavy atom. The van der Waals surface area contributed by atoms with Crippen LogP contribution in [0, 0.1) is 5.41 Å². The van der Waals surface area contributed by atoms with Crippen molar-refractivity contribution in [3.63, 3.8) is 0 Å². The number of hydrogen-bond donors (Lipinski definition) is 1. The van der Waals surface area contributed by atoms with Gasteiger partial charge in [0, 0.05) is 25.4 Å². The van der Waals surface area contributed by atoms with Gasteiger partial charge in [0.15, 0.2) is 0 Å². The van der Waals surface area contributed by atoms with E-state index in [9.17, 15) is 9.90 Å². The minimum atomic E-state index is -0.768. The van der Waals surface area contributed by atoms with Crippen molar-refractivity contribution in [3.8, 4) is 5.88 Å². The van der Waals surface area contributed by atoms with Gasteiger partial charge in [-0.1, -0.05) is 0 Å². The normalized spacial score (nSPS) is 23.8. The zero-order valence-electron chi connectivity index (χ0n) is 10.6. The van der Waals surface area contributed by atoms with Crippen LogP contribution in [0.3, 0.4) is 0 Å². The Kier molecular flexibility index (Phi) is 3.36. The highest BCUT2D eigenvalue weighted by Crippen LogP contribution is 2.31. The van der Waals surface area contributed by atoms with Crippen molar-refractivity contribution in [1.82, 2.24) is 9.97 Å². The Labute approximate surface area is 106 Å². The van der Waals surface area contributed by atoms with E-state index in [4.69, 9.17) is 4.74 Å². The molecule has 1 unspecified atom stereocenters. The maximum absolute atomic E-state index is 11.3. The fourth-order valence-electron chi connectivity index (χ4n) is 2.18. The molecule has 1 aromatic heterocycles. The number of anilines is 1. The number of carboxylic acid groups (broad SMARTS) is 1. The molecule has 1 aliphatic rings. The Balaban J connectivity index is 2.20. The summed E-state index contributed by atoms with van der Waals surface area (Å²) >= 11 is 0. The summed E-state index contributed by atoms with van der Waals surface area (Å²) in [4.78, 5) is 21.6. The van der Waals surface area contributed by atoms with Gasteiger partial charge in [-0.05, 0) is 19.8 Å². The van der Waals surface area contributed by atoms with Crippen molar-refractivity contribution in [2.45, 2.75) is 19.8 Å². The molecule has 0 aliphatic carbocycles. The third kappa shape index (κ3) is 2.37. The number of methoxy groups -OCH3 is 1. The molecule has 2 heterocycles. The van der Waals surface area contributed by atoms with Gasteiger partial charge in [-0.15, -0.1) is 0 Å². The number of nitrogens with zero attached hydrogens (tertiary/aromatic N) is 3. The fourth-order valence-corrected chi connectivity index (χ4v) is 2.18. The van der Waals surface area contributed by atoms with Crippen LogP contribution in [0.2, 0.25) is 0 Å². The molecule has 6 heteroatoms. The summed E-state index contributed by atoms with van der Waals surface area (Å²) in [5.41, 5.74) is -0.731. The lowest BCUT2D eigenvalue weighted by Crippen LogP contribution is -2.46. The molecule has 0 saturated carbocycles. The number of aliphatic carboxylic acids is 1. The van der Waals surface area contributed by atoms with Gasteiger partial charge in [0.25, 0.3) is 0 Å². The van der Waals surface area contributed by atoms with E-state index < -0.39 is 11.4 Å². The van der Waals surface area contributed by atoms with Crippen LogP contribution in [0.1, 0.15) is 19.8 Å². The van der Waals surface area contributed by atoms with Crippen LogP contribution < -0.4 is 9.64 Å². The van der Waals surface area contributed by atoms with E-state index in [1.165, 1.54) is 0 Å². The quantitative estimate of drug-likeness (QED) is 0.869. The molecular formula is C12H17N3O3. The smallest absolute Gasteiger partial charge is 0.311 e. The number of piperidine rings is 1. The summed E-state index contributed by atoms with van der Waals surface area (Å²) in [5.74, 6) is 0.249.